The number of aryl methyl sites for hydroxylation is 1. The Hall–Kier alpha value is -2.03. The van der Waals surface area contributed by atoms with Gasteiger partial charge in [-0.3, -0.25) is 0 Å². The molecule has 26 heavy (non-hydrogen) atoms. The Morgan fingerprint density at radius 1 is 1.23 bits per heavy atom. The van der Waals surface area contributed by atoms with Gasteiger partial charge in [-0.15, -0.1) is 0 Å². The van der Waals surface area contributed by atoms with Gasteiger partial charge >= 0.3 is 0 Å². The molecule has 2 aromatic heterocycles. The minimum absolute atomic E-state index is 0.456. The minimum Gasteiger partial charge on any atom is -0.387 e. The summed E-state index contributed by atoms with van der Waals surface area (Å²) < 4.78 is 11.1. The summed E-state index contributed by atoms with van der Waals surface area (Å²) in [4.78, 5) is 10.9. The molecule has 2 aliphatic heterocycles. The number of rotatable bonds is 2. The quantitative estimate of drug-likeness (QED) is 0.826. The van der Waals surface area contributed by atoms with Gasteiger partial charge in [0, 0.05) is 25.7 Å². The first-order valence-corrected chi connectivity index (χ1v) is 8.96. The normalized spacial score (nSPS) is 28.5. The summed E-state index contributed by atoms with van der Waals surface area (Å²) in [6, 6.07) is 3.84. The first-order valence-electron chi connectivity index (χ1n) is 8.96. The van der Waals surface area contributed by atoms with Gasteiger partial charge in [0.05, 0.1) is 17.8 Å². The lowest BCUT2D eigenvalue weighted by Crippen LogP contribution is -2.64. The van der Waals surface area contributed by atoms with Crippen molar-refractivity contribution in [3.05, 3.63) is 24.2 Å². The molecule has 2 atom stereocenters. The molecule has 0 bridgehead atoms. The molecule has 4 rings (SSSR count). The number of hydrogen-bond acceptors (Lipinski definition) is 8. The number of anilines is 1. The van der Waals surface area contributed by atoms with Crippen molar-refractivity contribution in [2.24, 2.45) is 0 Å². The zero-order valence-corrected chi connectivity index (χ0v) is 15.1. The maximum absolute atomic E-state index is 10.6. The zero-order valence-electron chi connectivity index (χ0n) is 15.1. The molecule has 4 heterocycles. The van der Waals surface area contributed by atoms with Crippen molar-refractivity contribution in [3.63, 3.8) is 0 Å². The van der Waals surface area contributed by atoms with E-state index in [1.54, 1.807) is 20.0 Å². The van der Waals surface area contributed by atoms with Crippen molar-refractivity contribution in [1.29, 1.82) is 0 Å². The van der Waals surface area contributed by atoms with E-state index in [1.807, 2.05) is 12.1 Å². The monoisotopic (exact) mass is 360 g/mol. The lowest BCUT2D eigenvalue weighted by atomic mass is 9.75. The van der Waals surface area contributed by atoms with E-state index in [9.17, 15) is 10.2 Å². The van der Waals surface area contributed by atoms with Gasteiger partial charge in [0.2, 0.25) is 0 Å². The molecule has 2 aliphatic rings. The predicted octanol–water partition coefficient (Wildman–Crippen LogP) is 1.31. The Morgan fingerprint density at radius 3 is 2.62 bits per heavy atom. The fraction of sp³-hybridized carbons (Fsp3) is 0.611. The van der Waals surface area contributed by atoms with Crippen molar-refractivity contribution < 1.29 is 19.5 Å². The standard InChI is InChI=1S/C18H24N4O4/c1-12-20-15(26-21-12)13-3-4-14(19-11-13)22-8-5-18(6-9-22)16(23)17(2,24)7-10-25-18/h3-4,11,16,23-24H,5-10H2,1-2H3/t16-,17+/m0/s1. The lowest BCUT2D eigenvalue weighted by Gasteiger charge is -2.51. The number of aliphatic hydroxyl groups excluding tert-OH is 1. The zero-order chi connectivity index (χ0) is 18.4. The number of ether oxygens (including phenoxy) is 1. The second-order valence-corrected chi connectivity index (χ2v) is 7.46. The molecule has 0 aromatic carbocycles. The van der Waals surface area contributed by atoms with Gasteiger partial charge in [0.1, 0.15) is 17.5 Å². The molecule has 2 aromatic rings. The number of nitrogens with zero attached hydrogens (tertiary/aromatic N) is 4. The van der Waals surface area contributed by atoms with Gasteiger partial charge in [-0.2, -0.15) is 4.98 Å². The summed E-state index contributed by atoms with van der Waals surface area (Å²) in [6.07, 6.45) is 2.61. The summed E-state index contributed by atoms with van der Waals surface area (Å²) in [6.45, 7) is 5.35. The molecule has 0 radical (unpaired) electrons. The molecule has 8 nitrogen and oxygen atoms in total. The van der Waals surface area contributed by atoms with E-state index < -0.39 is 17.3 Å². The SMILES string of the molecule is Cc1noc(-c2ccc(N3CCC4(CC3)OCC[C@@](C)(O)[C@@H]4O)nc2)n1. The third-order valence-electron chi connectivity index (χ3n) is 5.54. The van der Waals surface area contributed by atoms with Gasteiger partial charge in [0.25, 0.3) is 5.89 Å². The highest BCUT2D eigenvalue weighted by molar-refractivity contribution is 5.54. The molecule has 0 aliphatic carbocycles. The highest BCUT2D eigenvalue weighted by Crippen LogP contribution is 2.40. The van der Waals surface area contributed by atoms with Crippen LogP contribution in [0.5, 0.6) is 0 Å². The van der Waals surface area contributed by atoms with Crippen molar-refractivity contribution in [2.45, 2.75) is 50.4 Å². The number of pyridine rings is 1. The van der Waals surface area contributed by atoms with Crippen LogP contribution in [-0.4, -0.2) is 62.3 Å². The van der Waals surface area contributed by atoms with Crippen LogP contribution in [0.4, 0.5) is 5.82 Å². The average molecular weight is 360 g/mol. The molecule has 0 amide bonds. The van der Waals surface area contributed by atoms with Crippen LogP contribution in [0.3, 0.4) is 0 Å². The summed E-state index contributed by atoms with van der Waals surface area (Å²) in [7, 11) is 0. The van der Waals surface area contributed by atoms with Crippen LogP contribution in [0.1, 0.15) is 32.0 Å². The molecule has 2 saturated heterocycles. The van der Waals surface area contributed by atoms with Gasteiger partial charge in [0.15, 0.2) is 5.82 Å². The van der Waals surface area contributed by atoms with Crippen molar-refractivity contribution in [1.82, 2.24) is 15.1 Å². The van der Waals surface area contributed by atoms with E-state index in [-0.39, 0.29) is 0 Å². The fourth-order valence-corrected chi connectivity index (χ4v) is 3.89. The Balaban J connectivity index is 1.45. The maximum atomic E-state index is 10.6. The van der Waals surface area contributed by atoms with Crippen LogP contribution in [-0.2, 0) is 4.74 Å². The van der Waals surface area contributed by atoms with Crippen LogP contribution >= 0.6 is 0 Å². The maximum Gasteiger partial charge on any atom is 0.259 e. The molecular weight excluding hydrogens is 336 g/mol. The molecule has 8 heteroatoms. The molecule has 0 saturated carbocycles. The average Bonchev–Trinajstić information content (AvgIpc) is 3.07. The van der Waals surface area contributed by atoms with E-state index >= 15 is 0 Å². The molecule has 0 unspecified atom stereocenters. The number of hydrogen-bond donors (Lipinski definition) is 2. The van der Waals surface area contributed by atoms with Crippen LogP contribution in [0.25, 0.3) is 11.5 Å². The Morgan fingerprint density at radius 2 is 2.00 bits per heavy atom. The predicted molar refractivity (Wildman–Crippen MR) is 93.6 cm³/mol. The molecule has 1 spiro atoms. The smallest absolute Gasteiger partial charge is 0.259 e. The Labute approximate surface area is 151 Å². The van der Waals surface area contributed by atoms with Crippen molar-refractivity contribution >= 4 is 5.82 Å². The highest BCUT2D eigenvalue weighted by atomic mass is 16.5. The second-order valence-electron chi connectivity index (χ2n) is 7.46. The van der Waals surface area contributed by atoms with E-state index in [0.29, 0.717) is 50.7 Å². The van der Waals surface area contributed by atoms with E-state index in [0.717, 1.165) is 11.4 Å². The molecule has 2 fully saturated rings. The number of piperidine rings is 1. The van der Waals surface area contributed by atoms with E-state index in [2.05, 4.69) is 20.0 Å². The van der Waals surface area contributed by atoms with Gasteiger partial charge in [-0.05, 0) is 38.8 Å². The lowest BCUT2D eigenvalue weighted by molar-refractivity contribution is -0.239. The highest BCUT2D eigenvalue weighted by Gasteiger charge is 2.52. The van der Waals surface area contributed by atoms with E-state index in [4.69, 9.17) is 9.26 Å². The van der Waals surface area contributed by atoms with Gasteiger partial charge < -0.3 is 24.4 Å². The Kier molecular flexibility index (Phi) is 4.21. The number of aromatic nitrogens is 3. The van der Waals surface area contributed by atoms with Crippen LogP contribution in [0.15, 0.2) is 22.9 Å². The van der Waals surface area contributed by atoms with Crippen LogP contribution < -0.4 is 4.90 Å². The summed E-state index contributed by atoms with van der Waals surface area (Å²) in [5.41, 5.74) is -0.980. The van der Waals surface area contributed by atoms with E-state index in [1.165, 1.54) is 0 Å². The Bertz CT molecular complexity index is 766. The summed E-state index contributed by atoms with van der Waals surface area (Å²) in [5, 5.41) is 24.8. The van der Waals surface area contributed by atoms with Crippen molar-refractivity contribution in [2.75, 3.05) is 24.6 Å². The largest absolute Gasteiger partial charge is 0.387 e. The minimum atomic E-state index is -1.09. The topological polar surface area (TPSA) is 105 Å². The van der Waals surface area contributed by atoms with Gasteiger partial charge in [-0.1, -0.05) is 5.16 Å². The molecule has 2 N–H and O–H groups in total. The van der Waals surface area contributed by atoms with Crippen molar-refractivity contribution in [3.8, 4) is 11.5 Å². The first-order chi connectivity index (χ1) is 12.4. The molecule has 140 valence electrons. The van der Waals surface area contributed by atoms with Gasteiger partial charge in [-0.25, -0.2) is 4.98 Å². The number of aliphatic hydroxyl groups is 2. The van der Waals surface area contributed by atoms with Crippen LogP contribution in [0.2, 0.25) is 0 Å². The summed E-state index contributed by atoms with van der Waals surface area (Å²) in [5.74, 6) is 1.91. The fourth-order valence-electron chi connectivity index (χ4n) is 3.89. The third kappa shape index (κ3) is 2.98. The summed E-state index contributed by atoms with van der Waals surface area (Å²) >= 11 is 0. The molecular formula is C18H24N4O4. The van der Waals surface area contributed by atoms with Crippen LogP contribution in [0, 0.1) is 6.92 Å². The second kappa shape index (κ2) is 6.29. The first kappa shape index (κ1) is 17.4. The third-order valence-corrected chi connectivity index (χ3v) is 5.54.